The predicted octanol–water partition coefficient (Wildman–Crippen LogP) is 5.59. The molecule has 0 N–H and O–H groups in total. The van der Waals surface area contributed by atoms with Crippen LogP contribution >= 0.6 is 15.9 Å². The number of nitrogens with zero attached hydrogens (tertiary/aromatic N) is 1. The number of pyridine rings is 1. The van der Waals surface area contributed by atoms with E-state index in [1.165, 1.54) is 14.2 Å². The summed E-state index contributed by atoms with van der Waals surface area (Å²) < 4.78 is 16.9. The summed E-state index contributed by atoms with van der Waals surface area (Å²) in [6.45, 7) is 5.75. The Morgan fingerprint density at radius 2 is 1.44 bits per heavy atom. The lowest BCUT2D eigenvalue weighted by Gasteiger charge is -2.19. The minimum atomic E-state index is -0.598. The number of benzene rings is 2. The van der Waals surface area contributed by atoms with E-state index in [4.69, 9.17) is 14.2 Å². The third kappa shape index (κ3) is 4.83. The lowest BCUT2D eigenvalue weighted by molar-refractivity contribution is 0.0599. The van der Waals surface area contributed by atoms with E-state index in [0.717, 1.165) is 15.6 Å². The highest BCUT2D eigenvalue weighted by molar-refractivity contribution is 9.10. The first kappa shape index (κ1) is 23.5. The maximum absolute atomic E-state index is 12.7. The summed E-state index contributed by atoms with van der Waals surface area (Å²) in [5.74, 6) is -0.687. The monoisotopic (exact) mass is 497 g/mol. The van der Waals surface area contributed by atoms with Gasteiger partial charge in [0.2, 0.25) is 0 Å². The van der Waals surface area contributed by atoms with Crippen LogP contribution in [-0.2, 0) is 16.1 Å². The van der Waals surface area contributed by atoms with Crippen LogP contribution in [0.4, 0.5) is 0 Å². The number of aromatic nitrogens is 1. The van der Waals surface area contributed by atoms with Crippen molar-refractivity contribution in [3.05, 3.63) is 80.6 Å². The molecule has 0 aliphatic rings. The molecule has 0 radical (unpaired) electrons. The minimum Gasteiger partial charge on any atom is -0.488 e. The Labute approximate surface area is 195 Å². The Balaban J connectivity index is 2.23. The van der Waals surface area contributed by atoms with Gasteiger partial charge in [-0.15, -0.1) is 0 Å². The fourth-order valence-corrected chi connectivity index (χ4v) is 3.85. The lowest BCUT2D eigenvalue weighted by atomic mass is 9.92. The van der Waals surface area contributed by atoms with Gasteiger partial charge in [-0.05, 0) is 44.5 Å². The summed E-state index contributed by atoms with van der Waals surface area (Å²) >= 11 is 3.49. The molecule has 0 unspecified atom stereocenters. The van der Waals surface area contributed by atoms with Crippen LogP contribution in [0.1, 0.15) is 43.2 Å². The largest absolute Gasteiger partial charge is 0.488 e. The Hall–Kier alpha value is -3.19. The van der Waals surface area contributed by atoms with Crippen LogP contribution in [0, 0.1) is 20.8 Å². The van der Waals surface area contributed by atoms with Gasteiger partial charge in [0.05, 0.1) is 36.7 Å². The van der Waals surface area contributed by atoms with Gasteiger partial charge < -0.3 is 14.2 Å². The number of carbonyl (C=O) groups excluding carboxylic acids is 2. The Morgan fingerprint density at radius 3 is 1.97 bits per heavy atom. The quantitative estimate of drug-likeness (QED) is 0.413. The van der Waals surface area contributed by atoms with Crippen molar-refractivity contribution in [2.75, 3.05) is 14.2 Å². The Kier molecular flexibility index (Phi) is 7.30. The van der Waals surface area contributed by atoms with E-state index in [1.54, 1.807) is 26.0 Å². The first-order valence-corrected chi connectivity index (χ1v) is 10.7. The third-order valence-electron chi connectivity index (χ3n) is 5.06. The first-order valence-electron chi connectivity index (χ1n) is 9.92. The molecule has 6 nitrogen and oxygen atoms in total. The normalized spacial score (nSPS) is 10.6. The lowest BCUT2D eigenvalue weighted by Crippen LogP contribution is -2.16. The maximum atomic E-state index is 12.7. The Morgan fingerprint density at radius 1 is 0.875 bits per heavy atom. The van der Waals surface area contributed by atoms with E-state index in [1.807, 2.05) is 37.3 Å². The highest BCUT2D eigenvalue weighted by atomic mass is 79.9. The zero-order chi connectivity index (χ0) is 23.4. The van der Waals surface area contributed by atoms with Gasteiger partial charge in [0, 0.05) is 15.6 Å². The van der Waals surface area contributed by atoms with Crippen LogP contribution in [0.5, 0.6) is 5.75 Å². The van der Waals surface area contributed by atoms with Crippen LogP contribution in [-0.4, -0.2) is 31.1 Å². The second kappa shape index (κ2) is 9.96. The van der Waals surface area contributed by atoms with Crippen molar-refractivity contribution >= 4 is 27.9 Å². The van der Waals surface area contributed by atoms with Crippen LogP contribution in [0.25, 0.3) is 11.1 Å². The molecule has 7 heteroatoms. The number of hydrogen-bond acceptors (Lipinski definition) is 6. The molecule has 3 rings (SSSR count). The Bertz CT molecular complexity index is 1130. The van der Waals surface area contributed by atoms with Gasteiger partial charge >= 0.3 is 11.9 Å². The van der Waals surface area contributed by atoms with Crippen molar-refractivity contribution in [1.29, 1.82) is 0 Å². The molecule has 1 heterocycles. The summed E-state index contributed by atoms with van der Waals surface area (Å²) in [4.78, 5) is 29.9. The van der Waals surface area contributed by atoms with Gasteiger partial charge in [0.1, 0.15) is 12.4 Å². The molecule has 2 aromatic carbocycles. The van der Waals surface area contributed by atoms with Gasteiger partial charge in [-0.1, -0.05) is 45.8 Å². The molecule has 32 heavy (non-hydrogen) atoms. The van der Waals surface area contributed by atoms with Crippen molar-refractivity contribution < 1.29 is 23.8 Å². The van der Waals surface area contributed by atoms with Crippen molar-refractivity contribution in [2.45, 2.75) is 27.4 Å². The van der Waals surface area contributed by atoms with Crippen molar-refractivity contribution in [3.63, 3.8) is 0 Å². The van der Waals surface area contributed by atoms with E-state index in [2.05, 4.69) is 20.9 Å². The van der Waals surface area contributed by atoms with Gasteiger partial charge in [0.15, 0.2) is 0 Å². The summed E-state index contributed by atoms with van der Waals surface area (Å²) in [6.07, 6.45) is 0. The van der Waals surface area contributed by atoms with E-state index in [0.29, 0.717) is 34.9 Å². The number of carbonyl (C=O) groups is 2. The fraction of sp³-hybridized carbons (Fsp3) is 0.240. The molecular weight excluding hydrogens is 474 g/mol. The molecule has 0 amide bonds. The molecule has 1 aromatic heterocycles. The fourth-order valence-electron chi connectivity index (χ4n) is 3.49. The van der Waals surface area contributed by atoms with Gasteiger partial charge in [0.25, 0.3) is 0 Å². The number of rotatable bonds is 6. The van der Waals surface area contributed by atoms with Gasteiger partial charge in [-0.25, -0.2) is 9.59 Å². The molecule has 0 bridgehead atoms. The van der Waals surface area contributed by atoms with E-state index < -0.39 is 11.9 Å². The van der Waals surface area contributed by atoms with Crippen LogP contribution in [0.3, 0.4) is 0 Å². The van der Waals surface area contributed by atoms with Crippen LogP contribution in [0.15, 0.2) is 46.9 Å². The molecule has 0 fully saturated rings. The SMILES string of the molecule is COC(=O)c1c(C)nc(C)c(C(=O)OC)c1-c1cc(Br)ccc1OCc1ccc(C)cc1. The molecule has 166 valence electrons. The zero-order valence-corrected chi connectivity index (χ0v) is 20.2. The minimum absolute atomic E-state index is 0.191. The van der Waals surface area contributed by atoms with Crippen molar-refractivity contribution in [3.8, 4) is 16.9 Å². The second-order valence-electron chi connectivity index (χ2n) is 7.31. The molecule has 0 spiro atoms. The van der Waals surface area contributed by atoms with Crippen molar-refractivity contribution in [2.24, 2.45) is 0 Å². The number of esters is 2. The van der Waals surface area contributed by atoms with Crippen LogP contribution < -0.4 is 4.74 Å². The third-order valence-corrected chi connectivity index (χ3v) is 5.56. The molecule has 3 aromatic rings. The molecule has 0 saturated carbocycles. The zero-order valence-electron chi connectivity index (χ0n) is 18.6. The number of hydrogen-bond donors (Lipinski definition) is 0. The van der Waals surface area contributed by atoms with E-state index in [-0.39, 0.29) is 11.1 Å². The number of halogens is 1. The summed E-state index contributed by atoms with van der Waals surface area (Å²) in [5.41, 5.74) is 4.35. The van der Waals surface area contributed by atoms with Gasteiger partial charge in [-0.3, -0.25) is 4.98 Å². The number of methoxy groups -OCH3 is 2. The van der Waals surface area contributed by atoms with Gasteiger partial charge in [-0.2, -0.15) is 0 Å². The molecule has 0 atom stereocenters. The van der Waals surface area contributed by atoms with E-state index >= 15 is 0 Å². The molecular formula is C25H24BrNO5. The topological polar surface area (TPSA) is 74.7 Å². The summed E-state index contributed by atoms with van der Waals surface area (Å²) in [6, 6.07) is 13.5. The van der Waals surface area contributed by atoms with Crippen LogP contribution in [0.2, 0.25) is 0 Å². The van der Waals surface area contributed by atoms with E-state index in [9.17, 15) is 9.59 Å². The average molecular weight is 498 g/mol. The summed E-state index contributed by atoms with van der Waals surface area (Å²) in [7, 11) is 2.58. The molecule has 0 aliphatic heterocycles. The average Bonchev–Trinajstić information content (AvgIpc) is 2.77. The molecule has 0 aliphatic carbocycles. The highest BCUT2D eigenvalue weighted by Gasteiger charge is 2.29. The highest BCUT2D eigenvalue weighted by Crippen LogP contribution is 2.39. The molecule has 0 saturated heterocycles. The maximum Gasteiger partial charge on any atom is 0.340 e. The number of ether oxygens (including phenoxy) is 3. The summed E-state index contributed by atoms with van der Waals surface area (Å²) in [5, 5.41) is 0. The second-order valence-corrected chi connectivity index (χ2v) is 8.22. The first-order chi connectivity index (χ1) is 15.3. The number of aryl methyl sites for hydroxylation is 3. The standard InChI is InChI=1S/C25H24BrNO5/c1-14-6-8-17(9-7-14)13-32-20-11-10-18(26)12-19(20)23-21(24(28)30-4)15(2)27-16(3)22(23)25(29)31-5/h6-12H,13H2,1-5H3. The smallest absolute Gasteiger partial charge is 0.340 e. The predicted molar refractivity (Wildman–Crippen MR) is 125 cm³/mol. The van der Waals surface area contributed by atoms with Crippen molar-refractivity contribution in [1.82, 2.24) is 4.98 Å².